The second kappa shape index (κ2) is 3.96. The standard InChI is InChI=1S/C11H11N3O/c12-9-1-4-13-10(7-9)8-14-5-2-11(15)3-6-14/h1-7H,8H2,(H2,12,13). The van der Waals surface area contributed by atoms with Crippen molar-refractivity contribution >= 4 is 5.69 Å². The largest absolute Gasteiger partial charge is 0.399 e. The van der Waals surface area contributed by atoms with Gasteiger partial charge in [0, 0.05) is 36.4 Å². The molecular formula is C11H11N3O. The van der Waals surface area contributed by atoms with E-state index in [0.29, 0.717) is 12.2 Å². The lowest BCUT2D eigenvalue weighted by Gasteiger charge is -2.05. The third-order valence-corrected chi connectivity index (χ3v) is 2.05. The third-order valence-electron chi connectivity index (χ3n) is 2.05. The van der Waals surface area contributed by atoms with Crippen molar-refractivity contribution in [3.8, 4) is 0 Å². The minimum absolute atomic E-state index is 0.00628. The normalized spacial score (nSPS) is 10.1. The maximum Gasteiger partial charge on any atom is 0.181 e. The summed E-state index contributed by atoms with van der Waals surface area (Å²) in [6.45, 7) is 0.616. The molecule has 0 aliphatic heterocycles. The van der Waals surface area contributed by atoms with E-state index < -0.39 is 0 Å². The molecule has 2 aromatic heterocycles. The predicted molar refractivity (Wildman–Crippen MR) is 58.5 cm³/mol. The molecule has 2 aromatic rings. The average Bonchev–Trinajstić information content (AvgIpc) is 2.22. The van der Waals surface area contributed by atoms with E-state index in [1.54, 1.807) is 24.7 Å². The number of rotatable bonds is 2. The summed E-state index contributed by atoms with van der Waals surface area (Å²) in [4.78, 5) is 15.1. The summed E-state index contributed by atoms with van der Waals surface area (Å²) in [6, 6.07) is 6.60. The Kier molecular flexibility index (Phi) is 2.49. The molecule has 2 rings (SSSR count). The van der Waals surface area contributed by atoms with Crippen LogP contribution in [0.15, 0.2) is 47.7 Å². The molecule has 0 amide bonds. The molecule has 0 fully saturated rings. The van der Waals surface area contributed by atoms with Gasteiger partial charge in [-0.3, -0.25) is 9.78 Å². The Bertz CT molecular complexity index is 499. The van der Waals surface area contributed by atoms with E-state index in [2.05, 4.69) is 4.98 Å². The fourth-order valence-electron chi connectivity index (χ4n) is 1.32. The zero-order valence-corrected chi connectivity index (χ0v) is 8.13. The molecule has 0 bridgehead atoms. The van der Waals surface area contributed by atoms with E-state index in [0.717, 1.165) is 5.69 Å². The van der Waals surface area contributed by atoms with E-state index in [9.17, 15) is 4.79 Å². The summed E-state index contributed by atoms with van der Waals surface area (Å²) < 4.78 is 1.88. The van der Waals surface area contributed by atoms with Gasteiger partial charge in [0.2, 0.25) is 0 Å². The molecule has 0 radical (unpaired) electrons. The molecular weight excluding hydrogens is 190 g/mol. The monoisotopic (exact) mass is 201 g/mol. The van der Waals surface area contributed by atoms with Crippen molar-refractivity contribution in [2.75, 3.05) is 5.73 Å². The summed E-state index contributed by atoms with van der Waals surface area (Å²) >= 11 is 0. The van der Waals surface area contributed by atoms with Gasteiger partial charge in [-0.2, -0.15) is 0 Å². The van der Waals surface area contributed by atoms with Gasteiger partial charge in [0.25, 0.3) is 0 Å². The van der Waals surface area contributed by atoms with Crippen LogP contribution in [0.3, 0.4) is 0 Å². The fraction of sp³-hybridized carbons (Fsp3) is 0.0909. The quantitative estimate of drug-likeness (QED) is 0.784. The number of hydrogen-bond acceptors (Lipinski definition) is 3. The Morgan fingerprint density at radius 3 is 2.67 bits per heavy atom. The third kappa shape index (κ3) is 2.43. The first kappa shape index (κ1) is 9.45. The van der Waals surface area contributed by atoms with Crippen LogP contribution < -0.4 is 11.2 Å². The molecule has 15 heavy (non-hydrogen) atoms. The molecule has 76 valence electrons. The summed E-state index contributed by atoms with van der Waals surface area (Å²) in [7, 11) is 0. The number of nitrogen functional groups attached to an aromatic ring is 1. The van der Waals surface area contributed by atoms with Crippen LogP contribution in [-0.2, 0) is 6.54 Å². The lowest BCUT2D eigenvalue weighted by atomic mass is 10.3. The number of nitrogens with zero attached hydrogens (tertiary/aromatic N) is 2. The Morgan fingerprint density at radius 1 is 1.27 bits per heavy atom. The second-order valence-corrected chi connectivity index (χ2v) is 3.29. The zero-order chi connectivity index (χ0) is 10.7. The first-order valence-electron chi connectivity index (χ1n) is 4.60. The summed E-state index contributed by atoms with van der Waals surface area (Å²) in [6.07, 6.45) is 5.13. The molecule has 0 atom stereocenters. The lowest BCUT2D eigenvalue weighted by Crippen LogP contribution is -2.06. The molecule has 0 spiro atoms. The van der Waals surface area contributed by atoms with Crippen molar-refractivity contribution in [3.63, 3.8) is 0 Å². The fourth-order valence-corrected chi connectivity index (χ4v) is 1.32. The molecule has 0 saturated carbocycles. The highest BCUT2D eigenvalue weighted by Gasteiger charge is 1.95. The molecule has 2 N–H and O–H groups in total. The molecule has 2 heterocycles. The number of nitrogens with two attached hydrogens (primary N) is 1. The topological polar surface area (TPSA) is 60.9 Å². The first-order valence-corrected chi connectivity index (χ1v) is 4.60. The molecule has 0 aliphatic carbocycles. The summed E-state index contributed by atoms with van der Waals surface area (Å²) in [5.74, 6) is 0. The smallest absolute Gasteiger partial charge is 0.181 e. The average molecular weight is 201 g/mol. The summed E-state index contributed by atoms with van der Waals surface area (Å²) in [5.41, 5.74) is 7.21. The Hall–Kier alpha value is -2.10. The van der Waals surface area contributed by atoms with Gasteiger partial charge in [0.15, 0.2) is 5.43 Å². The van der Waals surface area contributed by atoms with E-state index in [-0.39, 0.29) is 5.43 Å². The van der Waals surface area contributed by atoms with Crippen molar-refractivity contribution in [3.05, 3.63) is 58.8 Å². The van der Waals surface area contributed by atoms with E-state index in [4.69, 9.17) is 5.73 Å². The van der Waals surface area contributed by atoms with Crippen molar-refractivity contribution in [1.82, 2.24) is 9.55 Å². The van der Waals surface area contributed by atoms with Crippen LogP contribution in [0, 0.1) is 0 Å². The van der Waals surface area contributed by atoms with Crippen LogP contribution in [0.4, 0.5) is 5.69 Å². The molecule has 0 aliphatic rings. The van der Waals surface area contributed by atoms with Gasteiger partial charge < -0.3 is 10.3 Å². The van der Waals surface area contributed by atoms with Gasteiger partial charge in [0.1, 0.15) is 0 Å². The number of aromatic nitrogens is 2. The van der Waals surface area contributed by atoms with Gasteiger partial charge in [-0.25, -0.2) is 0 Å². The van der Waals surface area contributed by atoms with Crippen molar-refractivity contribution in [2.24, 2.45) is 0 Å². The molecule has 4 nitrogen and oxygen atoms in total. The van der Waals surface area contributed by atoms with Gasteiger partial charge >= 0.3 is 0 Å². The van der Waals surface area contributed by atoms with Crippen LogP contribution >= 0.6 is 0 Å². The van der Waals surface area contributed by atoms with Crippen LogP contribution in [0.1, 0.15) is 5.69 Å². The van der Waals surface area contributed by atoms with E-state index in [1.165, 1.54) is 12.1 Å². The highest BCUT2D eigenvalue weighted by Crippen LogP contribution is 2.04. The van der Waals surface area contributed by atoms with Crippen LogP contribution in [-0.4, -0.2) is 9.55 Å². The van der Waals surface area contributed by atoms with E-state index in [1.807, 2.05) is 10.6 Å². The SMILES string of the molecule is Nc1ccnc(Cn2ccc(=O)cc2)c1. The predicted octanol–water partition coefficient (Wildman–Crippen LogP) is 0.874. The summed E-state index contributed by atoms with van der Waals surface area (Å²) in [5, 5.41) is 0. The lowest BCUT2D eigenvalue weighted by molar-refractivity contribution is 0.766. The number of hydrogen-bond donors (Lipinski definition) is 1. The molecule has 4 heteroatoms. The second-order valence-electron chi connectivity index (χ2n) is 3.29. The van der Waals surface area contributed by atoms with Crippen LogP contribution in [0.5, 0.6) is 0 Å². The number of anilines is 1. The van der Waals surface area contributed by atoms with Crippen molar-refractivity contribution in [2.45, 2.75) is 6.54 Å². The minimum Gasteiger partial charge on any atom is -0.399 e. The van der Waals surface area contributed by atoms with Gasteiger partial charge in [-0.15, -0.1) is 0 Å². The maximum absolute atomic E-state index is 10.9. The van der Waals surface area contributed by atoms with Crippen LogP contribution in [0.25, 0.3) is 0 Å². The van der Waals surface area contributed by atoms with E-state index >= 15 is 0 Å². The van der Waals surface area contributed by atoms with Crippen molar-refractivity contribution in [1.29, 1.82) is 0 Å². The minimum atomic E-state index is 0.00628. The van der Waals surface area contributed by atoms with Gasteiger partial charge in [0.05, 0.1) is 12.2 Å². The zero-order valence-electron chi connectivity index (χ0n) is 8.13. The number of pyridine rings is 2. The highest BCUT2D eigenvalue weighted by molar-refractivity contribution is 5.37. The Morgan fingerprint density at radius 2 is 2.00 bits per heavy atom. The highest BCUT2D eigenvalue weighted by atomic mass is 16.1. The Balaban J connectivity index is 2.22. The van der Waals surface area contributed by atoms with Gasteiger partial charge in [-0.05, 0) is 12.1 Å². The van der Waals surface area contributed by atoms with Crippen LogP contribution in [0.2, 0.25) is 0 Å². The maximum atomic E-state index is 10.9. The van der Waals surface area contributed by atoms with Crippen molar-refractivity contribution < 1.29 is 0 Å². The molecule has 0 unspecified atom stereocenters. The Labute approximate surface area is 87.0 Å². The molecule has 0 aromatic carbocycles. The molecule has 0 saturated heterocycles. The first-order chi connectivity index (χ1) is 7.24. The van der Waals surface area contributed by atoms with Gasteiger partial charge in [-0.1, -0.05) is 0 Å².